The van der Waals surface area contributed by atoms with Gasteiger partial charge in [0.25, 0.3) is 17.4 Å². The van der Waals surface area contributed by atoms with E-state index in [4.69, 9.17) is 10.5 Å². The Bertz CT molecular complexity index is 1580. The first-order valence-corrected chi connectivity index (χ1v) is 11.4. The van der Waals surface area contributed by atoms with Crippen LogP contribution < -0.4 is 32.0 Å². The van der Waals surface area contributed by atoms with Gasteiger partial charge in [0.05, 0.1) is 22.3 Å². The Morgan fingerprint density at radius 1 is 1.05 bits per heavy atom. The van der Waals surface area contributed by atoms with Crippen molar-refractivity contribution in [1.29, 1.82) is 0 Å². The predicted molar refractivity (Wildman–Crippen MR) is 136 cm³/mol. The highest BCUT2D eigenvalue weighted by Crippen LogP contribution is 2.28. The van der Waals surface area contributed by atoms with Crippen LogP contribution in [0.25, 0.3) is 10.9 Å². The van der Waals surface area contributed by atoms with Gasteiger partial charge in [-0.15, -0.1) is 0 Å². The summed E-state index contributed by atoms with van der Waals surface area (Å²) in [4.78, 5) is 56.3. The number of ether oxygens (including phenoxy) is 1. The summed E-state index contributed by atoms with van der Waals surface area (Å²) < 4.78 is 5.33. The smallest absolute Gasteiger partial charge is 0.287 e. The van der Waals surface area contributed by atoms with Gasteiger partial charge in [0, 0.05) is 6.54 Å². The standard InChI is InChI=1S/C26H22N6O5/c27-23(34)22(15-5-2-1-3-6-15)30-16-7-4-8-17-21(16)25(35)32-24(31-17)26(36)28-12-14-9-10-19-18(11-14)29-20(33)13-37-19/h1-11,22,30H,12-13H2,(H2,27,34)(H,28,36)(H,29,33)(H,31,32,35)/t22-/m0/s1. The molecule has 186 valence electrons. The Kier molecular flexibility index (Phi) is 6.25. The minimum atomic E-state index is -0.874. The third kappa shape index (κ3) is 4.96. The lowest BCUT2D eigenvalue weighted by Crippen LogP contribution is -2.29. The van der Waals surface area contributed by atoms with Gasteiger partial charge in [-0.3, -0.25) is 19.2 Å². The summed E-state index contributed by atoms with van der Waals surface area (Å²) in [5.41, 5.74) is 7.54. The van der Waals surface area contributed by atoms with E-state index in [1.807, 2.05) is 6.07 Å². The van der Waals surface area contributed by atoms with Crippen molar-refractivity contribution in [1.82, 2.24) is 15.3 Å². The molecule has 0 saturated carbocycles. The number of H-pyrrole nitrogens is 1. The van der Waals surface area contributed by atoms with Gasteiger partial charge in [-0.25, -0.2) is 4.98 Å². The molecule has 11 nitrogen and oxygen atoms in total. The summed E-state index contributed by atoms with van der Waals surface area (Å²) in [6.07, 6.45) is 0. The third-order valence-corrected chi connectivity index (χ3v) is 5.80. The maximum Gasteiger partial charge on any atom is 0.287 e. The Morgan fingerprint density at radius 2 is 1.86 bits per heavy atom. The Hall–Kier alpha value is -5.19. The first kappa shape index (κ1) is 23.5. The van der Waals surface area contributed by atoms with Crippen LogP contribution in [0.1, 0.15) is 27.8 Å². The molecule has 0 saturated heterocycles. The van der Waals surface area contributed by atoms with Crippen molar-refractivity contribution in [3.05, 3.63) is 94.0 Å². The zero-order valence-corrected chi connectivity index (χ0v) is 19.4. The number of aromatic nitrogens is 2. The number of primary amides is 1. The Balaban J connectivity index is 1.37. The van der Waals surface area contributed by atoms with Gasteiger partial charge in [0.2, 0.25) is 5.91 Å². The van der Waals surface area contributed by atoms with Crippen molar-refractivity contribution in [2.45, 2.75) is 12.6 Å². The van der Waals surface area contributed by atoms with Gasteiger partial charge in [-0.2, -0.15) is 0 Å². The average Bonchev–Trinajstić information content (AvgIpc) is 2.90. The Labute approximate surface area is 210 Å². The second kappa shape index (κ2) is 9.82. The van der Waals surface area contributed by atoms with Gasteiger partial charge >= 0.3 is 0 Å². The molecular weight excluding hydrogens is 476 g/mol. The fraction of sp³-hybridized carbons (Fsp3) is 0.115. The number of aromatic amines is 1. The summed E-state index contributed by atoms with van der Waals surface area (Å²) in [6.45, 7) is 0.0828. The highest BCUT2D eigenvalue weighted by atomic mass is 16.5. The second-order valence-electron chi connectivity index (χ2n) is 8.35. The van der Waals surface area contributed by atoms with E-state index >= 15 is 0 Å². The number of fused-ring (bicyclic) bond motifs is 2. The van der Waals surface area contributed by atoms with Crippen LogP contribution in [0.15, 0.2) is 71.5 Å². The summed E-state index contributed by atoms with van der Waals surface area (Å²) >= 11 is 0. The molecule has 3 aromatic carbocycles. The molecule has 1 aliphatic rings. The molecule has 1 aromatic heterocycles. The van der Waals surface area contributed by atoms with Gasteiger partial charge < -0.3 is 31.4 Å². The van der Waals surface area contributed by atoms with Gasteiger partial charge in [0.1, 0.15) is 11.8 Å². The normalized spacial score (nSPS) is 13.1. The van der Waals surface area contributed by atoms with Crippen LogP contribution >= 0.6 is 0 Å². The van der Waals surface area contributed by atoms with Crippen LogP contribution in [-0.4, -0.2) is 34.3 Å². The molecule has 37 heavy (non-hydrogen) atoms. The number of hydrogen-bond acceptors (Lipinski definition) is 7. The number of rotatable bonds is 7. The largest absolute Gasteiger partial charge is 0.482 e. The highest BCUT2D eigenvalue weighted by molar-refractivity contribution is 5.97. The van der Waals surface area contributed by atoms with Crippen LogP contribution in [0.5, 0.6) is 5.75 Å². The van der Waals surface area contributed by atoms with E-state index in [-0.39, 0.29) is 35.8 Å². The molecule has 11 heteroatoms. The van der Waals surface area contributed by atoms with Crippen molar-refractivity contribution >= 4 is 40.0 Å². The lowest BCUT2D eigenvalue weighted by atomic mass is 10.1. The van der Waals surface area contributed by atoms with Crippen molar-refractivity contribution in [2.24, 2.45) is 5.73 Å². The zero-order valence-electron chi connectivity index (χ0n) is 19.4. The maximum absolute atomic E-state index is 13.0. The summed E-state index contributed by atoms with van der Waals surface area (Å²) in [5.74, 6) is -1.08. The third-order valence-electron chi connectivity index (χ3n) is 5.80. The van der Waals surface area contributed by atoms with Crippen LogP contribution in [0.2, 0.25) is 0 Å². The highest BCUT2D eigenvalue weighted by Gasteiger charge is 2.21. The number of hydrogen-bond donors (Lipinski definition) is 5. The number of nitrogens with zero attached hydrogens (tertiary/aromatic N) is 1. The molecule has 0 bridgehead atoms. The monoisotopic (exact) mass is 498 g/mol. The van der Waals surface area contributed by atoms with Gasteiger partial charge in [-0.05, 0) is 35.4 Å². The molecular formula is C26H22N6O5. The van der Waals surface area contributed by atoms with Crippen molar-refractivity contribution in [3.63, 3.8) is 0 Å². The molecule has 0 unspecified atom stereocenters. The van der Waals surface area contributed by atoms with E-state index in [0.29, 0.717) is 28.3 Å². The first-order valence-electron chi connectivity index (χ1n) is 11.4. The van der Waals surface area contributed by atoms with Crippen LogP contribution in [-0.2, 0) is 16.1 Å². The minimum absolute atomic E-state index is 0.0449. The van der Waals surface area contributed by atoms with E-state index in [0.717, 1.165) is 0 Å². The fourth-order valence-electron chi connectivity index (χ4n) is 4.04. The molecule has 5 rings (SSSR count). The zero-order chi connectivity index (χ0) is 25.9. The first-order chi connectivity index (χ1) is 17.9. The number of nitrogens with two attached hydrogens (primary N) is 1. The lowest BCUT2D eigenvalue weighted by Gasteiger charge is -2.18. The average molecular weight is 498 g/mol. The Morgan fingerprint density at radius 3 is 2.65 bits per heavy atom. The van der Waals surface area contributed by atoms with E-state index in [2.05, 4.69) is 25.9 Å². The molecule has 0 aliphatic carbocycles. The number of nitrogens with one attached hydrogen (secondary N) is 4. The maximum atomic E-state index is 13.0. The van der Waals surface area contributed by atoms with E-state index in [1.54, 1.807) is 60.7 Å². The van der Waals surface area contributed by atoms with E-state index in [1.165, 1.54) is 0 Å². The van der Waals surface area contributed by atoms with E-state index < -0.39 is 23.4 Å². The fourth-order valence-corrected chi connectivity index (χ4v) is 4.04. The molecule has 0 spiro atoms. The minimum Gasteiger partial charge on any atom is -0.482 e. The van der Waals surface area contributed by atoms with Crippen molar-refractivity contribution < 1.29 is 19.1 Å². The summed E-state index contributed by atoms with van der Waals surface area (Å²) in [6, 6.07) is 18.1. The number of benzene rings is 3. The molecule has 0 fully saturated rings. The predicted octanol–water partition coefficient (Wildman–Crippen LogP) is 1.82. The van der Waals surface area contributed by atoms with Gasteiger partial charge in [-0.1, -0.05) is 42.5 Å². The van der Waals surface area contributed by atoms with Crippen molar-refractivity contribution in [3.8, 4) is 5.75 Å². The summed E-state index contributed by atoms with van der Waals surface area (Å²) in [5, 5.41) is 8.63. The quantitative estimate of drug-likeness (QED) is 0.259. The number of anilines is 2. The molecule has 2 heterocycles. The van der Waals surface area contributed by atoms with Crippen LogP contribution in [0, 0.1) is 0 Å². The number of carbonyl (C=O) groups is 3. The SMILES string of the molecule is NC(=O)[C@@H](Nc1cccc2nc(C(=O)NCc3ccc4c(c3)NC(=O)CO4)[nH]c(=O)c12)c1ccccc1. The topological polar surface area (TPSA) is 168 Å². The van der Waals surface area contributed by atoms with Crippen molar-refractivity contribution in [2.75, 3.05) is 17.2 Å². The molecule has 1 aliphatic heterocycles. The van der Waals surface area contributed by atoms with Crippen LogP contribution in [0.4, 0.5) is 11.4 Å². The number of carbonyl (C=O) groups excluding carboxylic acids is 3. The summed E-state index contributed by atoms with van der Waals surface area (Å²) in [7, 11) is 0. The van der Waals surface area contributed by atoms with Crippen LogP contribution in [0.3, 0.4) is 0 Å². The molecule has 0 radical (unpaired) electrons. The number of amides is 3. The second-order valence-corrected chi connectivity index (χ2v) is 8.35. The van der Waals surface area contributed by atoms with E-state index in [9.17, 15) is 19.2 Å². The molecule has 4 aromatic rings. The molecule has 1 atom stereocenters. The molecule has 3 amide bonds. The van der Waals surface area contributed by atoms with Gasteiger partial charge in [0.15, 0.2) is 12.4 Å². The lowest BCUT2D eigenvalue weighted by molar-refractivity contribution is -0.119. The molecule has 6 N–H and O–H groups in total.